The van der Waals surface area contributed by atoms with Gasteiger partial charge in [0.1, 0.15) is 11.6 Å². The van der Waals surface area contributed by atoms with Gasteiger partial charge in [0.05, 0.1) is 18.0 Å². The van der Waals surface area contributed by atoms with Crippen molar-refractivity contribution in [2.24, 2.45) is 5.41 Å². The molecule has 12 heteroatoms. The quantitative estimate of drug-likeness (QED) is 0.466. The van der Waals surface area contributed by atoms with Crippen LogP contribution in [0.15, 0.2) is 48.5 Å². The molecule has 0 radical (unpaired) electrons. The minimum Gasteiger partial charge on any atom is -0.403 e. The zero-order valence-corrected chi connectivity index (χ0v) is 22.9. The number of pyridine rings is 1. The Balaban J connectivity index is 1.53. The Hall–Kier alpha value is -4.66. The van der Waals surface area contributed by atoms with Crippen LogP contribution in [0.2, 0.25) is 0 Å². The first-order chi connectivity index (χ1) is 19.2. The van der Waals surface area contributed by atoms with E-state index in [0.717, 1.165) is 11.0 Å². The standard InChI is InChI=1S/C29H28F3N5O4/c1-17-10-19-11-20(12-23(41-29(30,31)32)25(19)34-18(17)2)26(39)36(4)15-24(38)37-16-28(3,13-22(37)14-33)27(40)35-21-8-6-5-7-9-21/h5-12,22H,13,15-16H2,1-4H3,(H,35,40). The number of amides is 3. The van der Waals surface area contributed by atoms with Gasteiger partial charge in [-0.1, -0.05) is 18.2 Å². The predicted molar refractivity (Wildman–Crippen MR) is 144 cm³/mol. The van der Waals surface area contributed by atoms with Gasteiger partial charge >= 0.3 is 6.36 Å². The topological polar surface area (TPSA) is 116 Å². The number of aromatic nitrogens is 1. The Morgan fingerprint density at radius 2 is 1.88 bits per heavy atom. The van der Waals surface area contributed by atoms with Crippen LogP contribution in [0.1, 0.15) is 35.0 Å². The fraction of sp³-hybridized carbons (Fsp3) is 0.345. The molecule has 2 aromatic carbocycles. The SMILES string of the molecule is Cc1cc2cc(C(=O)N(C)CC(=O)N3CC(C)(C(=O)Nc4ccccc4)CC3C#N)cc(OC(F)(F)F)c2nc1C. The largest absolute Gasteiger partial charge is 0.573 e. The predicted octanol–water partition coefficient (Wildman–Crippen LogP) is 4.59. The van der Waals surface area contributed by atoms with Crippen LogP contribution in [0.4, 0.5) is 18.9 Å². The number of halogens is 3. The molecule has 2 atom stereocenters. The third-order valence-electron chi connectivity index (χ3n) is 7.11. The van der Waals surface area contributed by atoms with Gasteiger partial charge < -0.3 is 19.9 Å². The van der Waals surface area contributed by atoms with E-state index in [1.165, 1.54) is 18.0 Å². The maximum atomic E-state index is 13.3. The van der Waals surface area contributed by atoms with E-state index < -0.39 is 41.9 Å². The second-order valence-corrected chi connectivity index (χ2v) is 10.4. The van der Waals surface area contributed by atoms with Gasteiger partial charge in [-0.15, -0.1) is 13.2 Å². The molecule has 214 valence electrons. The van der Waals surface area contributed by atoms with Crippen LogP contribution in [0, 0.1) is 30.6 Å². The van der Waals surface area contributed by atoms with Crippen molar-refractivity contribution in [3.8, 4) is 11.8 Å². The highest BCUT2D eigenvalue weighted by atomic mass is 19.4. The highest BCUT2D eigenvalue weighted by Gasteiger charge is 2.48. The molecular formula is C29H28F3N5O4. The van der Waals surface area contributed by atoms with Crippen LogP contribution in [0.25, 0.3) is 10.9 Å². The summed E-state index contributed by atoms with van der Waals surface area (Å²) in [6, 6.07) is 13.9. The number of rotatable bonds is 6. The van der Waals surface area contributed by atoms with E-state index in [0.29, 0.717) is 16.9 Å². The summed E-state index contributed by atoms with van der Waals surface area (Å²) < 4.78 is 43.6. The van der Waals surface area contributed by atoms with Crippen LogP contribution in [-0.4, -0.2) is 65.0 Å². The van der Waals surface area contributed by atoms with Gasteiger partial charge in [0.15, 0.2) is 5.75 Å². The van der Waals surface area contributed by atoms with Crippen molar-refractivity contribution in [1.29, 1.82) is 5.26 Å². The van der Waals surface area contributed by atoms with Crippen molar-refractivity contribution < 1.29 is 32.3 Å². The van der Waals surface area contributed by atoms with Crippen molar-refractivity contribution in [2.45, 2.75) is 39.6 Å². The van der Waals surface area contributed by atoms with Crippen LogP contribution >= 0.6 is 0 Å². The third-order valence-corrected chi connectivity index (χ3v) is 7.11. The summed E-state index contributed by atoms with van der Waals surface area (Å²) in [5.74, 6) is -2.30. The number of aryl methyl sites for hydroxylation is 2. The van der Waals surface area contributed by atoms with E-state index in [1.54, 1.807) is 57.2 Å². The number of likely N-dealkylation sites (tertiary alicyclic amines) is 1. The third kappa shape index (κ3) is 6.40. The number of ether oxygens (including phenoxy) is 1. The van der Waals surface area contributed by atoms with Crippen LogP contribution in [0.3, 0.4) is 0 Å². The summed E-state index contributed by atoms with van der Waals surface area (Å²) in [7, 11) is 1.33. The van der Waals surface area contributed by atoms with Crippen molar-refractivity contribution in [3.63, 3.8) is 0 Å². The summed E-state index contributed by atoms with van der Waals surface area (Å²) in [6.45, 7) is 4.53. The molecule has 2 heterocycles. The lowest BCUT2D eigenvalue weighted by Gasteiger charge is -2.26. The lowest BCUT2D eigenvalue weighted by molar-refractivity contribution is -0.274. The Morgan fingerprint density at radius 1 is 1.20 bits per heavy atom. The number of carbonyl (C=O) groups is 3. The number of nitriles is 1. The Bertz CT molecular complexity index is 1550. The van der Waals surface area contributed by atoms with Crippen molar-refractivity contribution in [2.75, 3.05) is 25.5 Å². The minimum atomic E-state index is -5.02. The molecule has 1 aliphatic heterocycles. The normalized spacial score (nSPS) is 18.6. The van der Waals surface area contributed by atoms with Gasteiger partial charge in [-0.05, 0) is 63.1 Å². The van der Waals surface area contributed by atoms with E-state index in [4.69, 9.17) is 0 Å². The molecule has 3 amide bonds. The molecule has 3 aromatic rings. The number of para-hydroxylation sites is 1. The number of likely N-dealkylation sites (N-methyl/N-ethyl adjacent to an activating group) is 1. The highest BCUT2D eigenvalue weighted by Crippen LogP contribution is 2.36. The lowest BCUT2D eigenvalue weighted by Crippen LogP contribution is -2.44. The van der Waals surface area contributed by atoms with Gasteiger partial charge in [-0.25, -0.2) is 4.98 Å². The maximum absolute atomic E-state index is 13.3. The molecule has 0 bridgehead atoms. The monoisotopic (exact) mass is 567 g/mol. The van der Waals surface area contributed by atoms with Crippen LogP contribution < -0.4 is 10.1 Å². The van der Waals surface area contributed by atoms with Crippen LogP contribution in [0.5, 0.6) is 5.75 Å². The number of carbonyl (C=O) groups excluding carboxylic acids is 3. The van der Waals surface area contributed by atoms with E-state index in [-0.39, 0.29) is 35.3 Å². The van der Waals surface area contributed by atoms with E-state index in [9.17, 15) is 32.8 Å². The molecule has 0 aliphatic carbocycles. The molecule has 1 aromatic heterocycles. The molecule has 9 nitrogen and oxygen atoms in total. The number of nitrogens with zero attached hydrogens (tertiary/aromatic N) is 4. The first-order valence-electron chi connectivity index (χ1n) is 12.7. The number of anilines is 1. The van der Waals surface area contributed by atoms with Crippen molar-refractivity contribution >= 4 is 34.3 Å². The summed E-state index contributed by atoms with van der Waals surface area (Å²) in [4.78, 5) is 46.1. The maximum Gasteiger partial charge on any atom is 0.573 e. The summed E-state index contributed by atoms with van der Waals surface area (Å²) in [5, 5.41) is 12.8. The van der Waals surface area contributed by atoms with Crippen molar-refractivity contribution in [1.82, 2.24) is 14.8 Å². The molecule has 41 heavy (non-hydrogen) atoms. The fourth-order valence-electron chi connectivity index (χ4n) is 4.80. The summed E-state index contributed by atoms with van der Waals surface area (Å²) in [5.41, 5.74) is 0.546. The fourth-order valence-corrected chi connectivity index (χ4v) is 4.80. The van der Waals surface area contributed by atoms with Gasteiger partial charge in [0.2, 0.25) is 11.8 Å². The van der Waals surface area contributed by atoms with Gasteiger partial charge in [0.25, 0.3) is 5.91 Å². The van der Waals surface area contributed by atoms with E-state index in [2.05, 4.69) is 21.1 Å². The number of alkyl halides is 3. The second kappa shape index (κ2) is 11.1. The van der Waals surface area contributed by atoms with Gasteiger partial charge in [0, 0.05) is 35.9 Å². The molecule has 2 unspecified atom stereocenters. The number of hydrogen-bond acceptors (Lipinski definition) is 6. The lowest BCUT2D eigenvalue weighted by atomic mass is 9.87. The number of benzene rings is 2. The molecule has 0 spiro atoms. The molecule has 1 N–H and O–H groups in total. The van der Waals surface area contributed by atoms with E-state index >= 15 is 0 Å². The van der Waals surface area contributed by atoms with Gasteiger partial charge in [-0.3, -0.25) is 14.4 Å². The molecule has 1 aliphatic rings. The van der Waals surface area contributed by atoms with Crippen molar-refractivity contribution in [3.05, 3.63) is 65.4 Å². The number of hydrogen-bond donors (Lipinski definition) is 1. The highest BCUT2D eigenvalue weighted by molar-refractivity contribution is 6.01. The molecule has 0 saturated carbocycles. The molecule has 4 rings (SSSR count). The zero-order chi connectivity index (χ0) is 30.1. The first kappa shape index (κ1) is 29.3. The second-order valence-electron chi connectivity index (χ2n) is 10.4. The minimum absolute atomic E-state index is 0.0470. The Morgan fingerprint density at radius 3 is 2.51 bits per heavy atom. The average molecular weight is 568 g/mol. The number of fused-ring (bicyclic) bond motifs is 1. The van der Waals surface area contributed by atoms with Crippen LogP contribution in [-0.2, 0) is 9.59 Å². The van der Waals surface area contributed by atoms with Gasteiger partial charge in [-0.2, -0.15) is 5.26 Å². The smallest absolute Gasteiger partial charge is 0.403 e. The van der Waals surface area contributed by atoms with E-state index in [1.807, 2.05) is 0 Å². The first-order valence-corrected chi connectivity index (χ1v) is 12.7. The summed E-state index contributed by atoms with van der Waals surface area (Å²) in [6.07, 6.45) is -4.92. The molecule has 1 saturated heterocycles. The average Bonchev–Trinajstić information content (AvgIpc) is 3.27. The molecule has 1 fully saturated rings. The Kier molecular flexibility index (Phi) is 7.92. The number of nitrogens with one attached hydrogen (secondary N) is 1. The Labute approximate surface area is 234 Å². The zero-order valence-electron chi connectivity index (χ0n) is 22.9. The molecular weight excluding hydrogens is 539 g/mol. The summed E-state index contributed by atoms with van der Waals surface area (Å²) >= 11 is 0.